The average Bonchev–Trinajstić information content (AvgIpc) is 2.49. The molecule has 0 aliphatic rings. The Balaban J connectivity index is 1.86. The van der Waals surface area contributed by atoms with E-state index in [4.69, 9.17) is 0 Å². The predicted molar refractivity (Wildman–Crippen MR) is 81.7 cm³/mol. The number of hydrogen-bond donors (Lipinski definition) is 3. The molecule has 0 atom stereocenters. The van der Waals surface area contributed by atoms with Crippen LogP contribution in [0.4, 0.5) is 5.95 Å². The largest absolute Gasteiger partial charge is 0.507 e. The average molecular weight is 280 g/mol. The Kier molecular flexibility index (Phi) is 3.34. The standard InChI is InChI=1S/C15H12N4O2/c20-13-8-4-1-5-10(13)9-16-19-15-17-12-7-3-2-6-11(12)14(21)18-15/h1-9,20H,(H2,17,18,19,21)/b16-9+. The van der Waals surface area contributed by atoms with Gasteiger partial charge in [-0.05, 0) is 24.3 Å². The van der Waals surface area contributed by atoms with Gasteiger partial charge in [-0.3, -0.25) is 9.78 Å². The van der Waals surface area contributed by atoms with Gasteiger partial charge in [0, 0.05) is 5.56 Å². The van der Waals surface area contributed by atoms with Gasteiger partial charge in [0.2, 0.25) is 5.95 Å². The Labute approximate surface area is 119 Å². The molecule has 0 bridgehead atoms. The summed E-state index contributed by atoms with van der Waals surface area (Å²) in [4.78, 5) is 18.7. The number of H-pyrrole nitrogens is 1. The van der Waals surface area contributed by atoms with Gasteiger partial charge in [0.15, 0.2) is 0 Å². The molecule has 3 aromatic rings. The van der Waals surface area contributed by atoms with E-state index in [-0.39, 0.29) is 17.3 Å². The van der Waals surface area contributed by atoms with Crippen LogP contribution in [0.15, 0.2) is 58.4 Å². The molecule has 2 aromatic carbocycles. The molecule has 3 rings (SSSR count). The number of aromatic amines is 1. The number of fused-ring (bicyclic) bond motifs is 1. The topological polar surface area (TPSA) is 90.4 Å². The van der Waals surface area contributed by atoms with Crippen LogP contribution in [-0.2, 0) is 0 Å². The second kappa shape index (κ2) is 5.46. The molecule has 6 heteroatoms. The Morgan fingerprint density at radius 3 is 2.76 bits per heavy atom. The van der Waals surface area contributed by atoms with Gasteiger partial charge < -0.3 is 5.11 Å². The number of nitrogens with zero attached hydrogens (tertiary/aromatic N) is 2. The first-order chi connectivity index (χ1) is 10.2. The molecule has 0 saturated heterocycles. The lowest BCUT2D eigenvalue weighted by Gasteiger charge is -2.02. The number of hydrogen-bond acceptors (Lipinski definition) is 5. The number of anilines is 1. The summed E-state index contributed by atoms with van der Waals surface area (Å²) in [5, 5.41) is 14.1. The van der Waals surface area contributed by atoms with E-state index in [9.17, 15) is 9.90 Å². The third-order valence-corrected chi connectivity index (χ3v) is 2.92. The highest BCUT2D eigenvalue weighted by Gasteiger charge is 2.01. The Bertz CT molecular complexity index is 871. The van der Waals surface area contributed by atoms with E-state index in [1.807, 2.05) is 6.07 Å². The number of phenolic OH excluding ortho intramolecular Hbond substituents is 1. The number of aromatic hydroxyl groups is 1. The highest BCUT2D eigenvalue weighted by atomic mass is 16.3. The highest BCUT2D eigenvalue weighted by Crippen LogP contribution is 2.13. The molecule has 1 heterocycles. The summed E-state index contributed by atoms with van der Waals surface area (Å²) in [6, 6.07) is 13.8. The number of aromatic nitrogens is 2. The first-order valence-electron chi connectivity index (χ1n) is 6.30. The molecular formula is C15H12N4O2. The van der Waals surface area contributed by atoms with E-state index < -0.39 is 0 Å². The molecule has 104 valence electrons. The number of phenols is 1. The van der Waals surface area contributed by atoms with E-state index in [1.165, 1.54) is 6.21 Å². The minimum absolute atomic E-state index is 0.128. The maximum atomic E-state index is 11.9. The van der Waals surface area contributed by atoms with Crippen molar-refractivity contribution in [2.45, 2.75) is 0 Å². The number of rotatable bonds is 3. The lowest BCUT2D eigenvalue weighted by Crippen LogP contribution is -2.10. The summed E-state index contributed by atoms with van der Waals surface area (Å²) in [5.41, 5.74) is 3.56. The Hall–Kier alpha value is -3.15. The monoisotopic (exact) mass is 280 g/mol. The highest BCUT2D eigenvalue weighted by molar-refractivity contribution is 5.83. The summed E-state index contributed by atoms with van der Waals surface area (Å²) >= 11 is 0. The van der Waals surface area contributed by atoms with Crippen LogP contribution in [0.3, 0.4) is 0 Å². The summed E-state index contributed by atoms with van der Waals surface area (Å²) in [7, 11) is 0. The number of para-hydroxylation sites is 2. The van der Waals surface area contributed by atoms with Crippen LogP contribution < -0.4 is 11.0 Å². The fraction of sp³-hybridized carbons (Fsp3) is 0. The van der Waals surface area contributed by atoms with Gasteiger partial charge >= 0.3 is 0 Å². The zero-order chi connectivity index (χ0) is 14.7. The van der Waals surface area contributed by atoms with Crippen LogP contribution in [0.5, 0.6) is 5.75 Å². The van der Waals surface area contributed by atoms with Crippen molar-refractivity contribution in [3.05, 3.63) is 64.4 Å². The van der Waals surface area contributed by atoms with Crippen molar-refractivity contribution in [2.24, 2.45) is 5.10 Å². The van der Waals surface area contributed by atoms with Gasteiger partial charge in [0.05, 0.1) is 17.1 Å². The quantitative estimate of drug-likeness (QED) is 0.506. The number of nitrogens with one attached hydrogen (secondary N) is 2. The minimum atomic E-state index is -0.235. The maximum Gasteiger partial charge on any atom is 0.260 e. The summed E-state index contributed by atoms with van der Waals surface area (Å²) in [6.45, 7) is 0. The van der Waals surface area contributed by atoms with E-state index in [2.05, 4.69) is 20.5 Å². The van der Waals surface area contributed by atoms with Crippen molar-refractivity contribution in [1.82, 2.24) is 9.97 Å². The smallest absolute Gasteiger partial charge is 0.260 e. The minimum Gasteiger partial charge on any atom is -0.507 e. The molecule has 3 N–H and O–H groups in total. The van der Waals surface area contributed by atoms with Crippen molar-refractivity contribution in [1.29, 1.82) is 0 Å². The molecular weight excluding hydrogens is 268 g/mol. The molecule has 1 aromatic heterocycles. The fourth-order valence-corrected chi connectivity index (χ4v) is 1.90. The third kappa shape index (κ3) is 2.74. The van der Waals surface area contributed by atoms with Crippen molar-refractivity contribution >= 4 is 23.1 Å². The molecule has 0 saturated carbocycles. The maximum absolute atomic E-state index is 11.9. The third-order valence-electron chi connectivity index (χ3n) is 2.92. The fourth-order valence-electron chi connectivity index (χ4n) is 1.90. The normalized spacial score (nSPS) is 11.0. The van der Waals surface area contributed by atoms with Crippen LogP contribution in [0.2, 0.25) is 0 Å². The van der Waals surface area contributed by atoms with Crippen molar-refractivity contribution in [3.8, 4) is 5.75 Å². The van der Waals surface area contributed by atoms with Crippen LogP contribution in [-0.4, -0.2) is 21.3 Å². The van der Waals surface area contributed by atoms with Crippen LogP contribution in [0, 0.1) is 0 Å². The van der Waals surface area contributed by atoms with Crippen LogP contribution in [0.25, 0.3) is 10.9 Å². The molecule has 0 radical (unpaired) electrons. The SMILES string of the molecule is O=c1[nH]c(N/N=C/c2ccccc2O)nc2ccccc12. The van der Waals surface area contributed by atoms with E-state index in [0.29, 0.717) is 16.5 Å². The molecule has 0 amide bonds. The van der Waals surface area contributed by atoms with E-state index in [1.54, 1.807) is 42.5 Å². The van der Waals surface area contributed by atoms with Crippen LogP contribution in [0.1, 0.15) is 5.56 Å². The van der Waals surface area contributed by atoms with Crippen molar-refractivity contribution in [3.63, 3.8) is 0 Å². The summed E-state index contributed by atoms with van der Waals surface area (Å²) in [5.74, 6) is 0.369. The van der Waals surface area contributed by atoms with Crippen LogP contribution >= 0.6 is 0 Å². The van der Waals surface area contributed by atoms with Gasteiger partial charge in [0.1, 0.15) is 5.75 Å². The molecule has 0 aliphatic heterocycles. The molecule has 0 aliphatic carbocycles. The molecule has 21 heavy (non-hydrogen) atoms. The van der Waals surface area contributed by atoms with Gasteiger partial charge in [-0.1, -0.05) is 24.3 Å². The second-order valence-corrected chi connectivity index (χ2v) is 4.36. The number of hydrazone groups is 1. The Morgan fingerprint density at radius 2 is 1.90 bits per heavy atom. The summed E-state index contributed by atoms with van der Waals surface area (Å²) < 4.78 is 0. The number of benzene rings is 2. The molecule has 0 unspecified atom stereocenters. The predicted octanol–water partition coefficient (Wildman–Crippen LogP) is 2.07. The van der Waals surface area contributed by atoms with Crippen molar-refractivity contribution < 1.29 is 5.11 Å². The molecule has 6 nitrogen and oxygen atoms in total. The zero-order valence-electron chi connectivity index (χ0n) is 10.9. The summed E-state index contributed by atoms with van der Waals surface area (Å²) in [6.07, 6.45) is 1.45. The Morgan fingerprint density at radius 1 is 1.14 bits per heavy atom. The lowest BCUT2D eigenvalue weighted by atomic mass is 10.2. The molecule has 0 fully saturated rings. The first-order valence-corrected chi connectivity index (χ1v) is 6.30. The second-order valence-electron chi connectivity index (χ2n) is 4.36. The zero-order valence-corrected chi connectivity index (χ0v) is 10.9. The van der Waals surface area contributed by atoms with Gasteiger partial charge in [-0.25, -0.2) is 10.4 Å². The van der Waals surface area contributed by atoms with Gasteiger partial charge in [-0.2, -0.15) is 5.10 Å². The lowest BCUT2D eigenvalue weighted by molar-refractivity contribution is 0.474. The first kappa shape index (κ1) is 12.9. The van der Waals surface area contributed by atoms with E-state index in [0.717, 1.165) is 0 Å². The molecule has 0 spiro atoms. The van der Waals surface area contributed by atoms with E-state index >= 15 is 0 Å². The van der Waals surface area contributed by atoms with Crippen molar-refractivity contribution in [2.75, 3.05) is 5.43 Å². The van der Waals surface area contributed by atoms with Gasteiger partial charge in [0.25, 0.3) is 5.56 Å². The van der Waals surface area contributed by atoms with Gasteiger partial charge in [-0.15, -0.1) is 0 Å².